The van der Waals surface area contributed by atoms with Crippen LogP contribution in [0.15, 0.2) is 48.7 Å². The van der Waals surface area contributed by atoms with Gasteiger partial charge in [0.1, 0.15) is 5.82 Å². The number of hydrogen-bond acceptors (Lipinski definition) is 4. The highest BCUT2D eigenvalue weighted by Gasteiger charge is 2.15. The summed E-state index contributed by atoms with van der Waals surface area (Å²) >= 11 is 0. The summed E-state index contributed by atoms with van der Waals surface area (Å²) < 4.78 is 0. The first-order valence-corrected chi connectivity index (χ1v) is 7.48. The van der Waals surface area contributed by atoms with Gasteiger partial charge in [-0.15, -0.1) is 0 Å². The van der Waals surface area contributed by atoms with Crippen molar-refractivity contribution in [2.24, 2.45) is 0 Å². The van der Waals surface area contributed by atoms with Gasteiger partial charge in [0.05, 0.1) is 11.9 Å². The molecule has 3 rings (SSSR count). The number of aromatic nitrogens is 1. The van der Waals surface area contributed by atoms with E-state index >= 15 is 0 Å². The number of rotatable bonds is 3. The Morgan fingerprint density at radius 2 is 1.77 bits per heavy atom. The zero-order valence-electron chi connectivity index (χ0n) is 12.7. The van der Waals surface area contributed by atoms with E-state index in [0.717, 1.165) is 32.0 Å². The third kappa shape index (κ3) is 3.43. The standard InChI is InChI=1S/C17H20N4O/c1-20-9-11-21(12-10-20)16-8-7-15(13-18-16)19-17(22)14-5-3-2-4-6-14/h2-8,13H,9-12H2,1H3,(H,19,22). The molecule has 2 heterocycles. The second-order valence-corrected chi connectivity index (χ2v) is 5.52. The Kier molecular flexibility index (Phi) is 4.34. The molecule has 1 fully saturated rings. The number of benzene rings is 1. The van der Waals surface area contributed by atoms with Gasteiger partial charge in [0.25, 0.3) is 5.91 Å². The van der Waals surface area contributed by atoms with Crippen LogP contribution in [0.2, 0.25) is 0 Å². The number of pyridine rings is 1. The van der Waals surface area contributed by atoms with Crippen molar-refractivity contribution in [2.75, 3.05) is 43.4 Å². The Hall–Kier alpha value is -2.40. The van der Waals surface area contributed by atoms with E-state index in [4.69, 9.17) is 0 Å². The third-order valence-electron chi connectivity index (χ3n) is 3.87. The SMILES string of the molecule is CN1CCN(c2ccc(NC(=O)c3ccccc3)cn2)CC1. The van der Waals surface area contributed by atoms with Crippen LogP contribution in [0.25, 0.3) is 0 Å². The molecule has 1 N–H and O–H groups in total. The van der Waals surface area contributed by atoms with Crippen molar-refractivity contribution in [3.05, 3.63) is 54.2 Å². The van der Waals surface area contributed by atoms with Gasteiger partial charge >= 0.3 is 0 Å². The van der Waals surface area contributed by atoms with Crippen molar-refractivity contribution in [1.82, 2.24) is 9.88 Å². The van der Waals surface area contributed by atoms with Crippen molar-refractivity contribution in [3.8, 4) is 0 Å². The Labute approximate surface area is 130 Å². The minimum Gasteiger partial charge on any atom is -0.354 e. The molecule has 1 aliphatic heterocycles. The minimum absolute atomic E-state index is 0.116. The minimum atomic E-state index is -0.116. The van der Waals surface area contributed by atoms with Gasteiger partial charge in [-0.25, -0.2) is 4.98 Å². The molecule has 5 nitrogen and oxygen atoms in total. The molecule has 1 aromatic carbocycles. The summed E-state index contributed by atoms with van der Waals surface area (Å²) in [6.07, 6.45) is 1.72. The van der Waals surface area contributed by atoms with Gasteiger partial charge in [-0.2, -0.15) is 0 Å². The van der Waals surface area contributed by atoms with Crippen LogP contribution < -0.4 is 10.2 Å². The number of carbonyl (C=O) groups excluding carboxylic acids is 1. The fourth-order valence-electron chi connectivity index (χ4n) is 2.48. The Balaban J connectivity index is 1.63. The van der Waals surface area contributed by atoms with E-state index in [9.17, 15) is 4.79 Å². The molecular weight excluding hydrogens is 276 g/mol. The van der Waals surface area contributed by atoms with Crippen LogP contribution in [0.3, 0.4) is 0 Å². The molecule has 5 heteroatoms. The van der Waals surface area contributed by atoms with Gasteiger partial charge in [0, 0.05) is 31.7 Å². The molecule has 0 bridgehead atoms. The molecule has 1 saturated heterocycles. The van der Waals surface area contributed by atoms with Crippen molar-refractivity contribution >= 4 is 17.4 Å². The first-order valence-electron chi connectivity index (χ1n) is 7.48. The summed E-state index contributed by atoms with van der Waals surface area (Å²) in [7, 11) is 2.13. The monoisotopic (exact) mass is 296 g/mol. The normalized spacial score (nSPS) is 15.6. The third-order valence-corrected chi connectivity index (χ3v) is 3.87. The molecule has 1 amide bonds. The smallest absolute Gasteiger partial charge is 0.255 e. The second-order valence-electron chi connectivity index (χ2n) is 5.52. The van der Waals surface area contributed by atoms with Gasteiger partial charge in [-0.05, 0) is 31.3 Å². The Bertz CT molecular complexity index is 619. The van der Waals surface area contributed by atoms with E-state index in [0.29, 0.717) is 11.3 Å². The Morgan fingerprint density at radius 3 is 2.41 bits per heavy atom. The summed E-state index contributed by atoms with van der Waals surface area (Å²) in [5.41, 5.74) is 1.36. The molecule has 114 valence electrons. The van der Waals surface area contributed by atoms with Crippen molar-refractivity contribution in [1.29, 1.82) is 0 Å². The zero-order chi connectivity index (χ0) is 15.4. The lowest BCUT2D eigenvalue weighted by atomic mass is 10.2. The predicted molar refractivity (Wildman–Crippen MR) is 88.3 cm³/mol. The molecule has 0 aliphatic carbocycles. The van der Waals surface area contributed by atoms with E-state index in [1.807, 2.05) is 30.3 Å². The number of hydrogen-bond donors (Lipinski definition) is 1. The molecule has 0 unspecified atom stereocenters. The van der Waals surface area contributed by atoms with E-state index in [1.165, 1.54) is 0 Å². The quantitative estimate of drug-likeness (QED) is 0.942. The molecule has 0 radical (unpaired) electrons. The first-order chi connectivity index (χ1) is 10.7. The highest BCUT2D eigenvalue weighted by atomic mass is 16.1. The van der Waals surface area contributed by atoms with Crippen LogP contribution in [0, 0.1) is 0 Å². The van der Waals surface area contributed by atoms with Gasteiger partial charge in [0.15, 0.2) is 0 Å². The number of piperazine rings is 1. The van der Waals surface area contributed by atoms with E-state index in [2.05, 4.69) is 27.1 Å². The molecule has 1 aliphatic rings. The molecule has 0 atom stereocenters. The van der Waals surface area contributed by atoms with Gasteiger partial charge in [-0.3, -0.25) is 4.79 Å². The zero-order valence-corrected chi connectivity index (χ0v) is 12.7. The maximum Gasteiger partial charge on any atom is 0.255 e. The van der Waals surface area contributed by atoms with Crippen molar-refractivity contribution < 1.29 is 4.79 Å². The van der Waals surface area contributed by atoms with Crippen LogP contribution in [0.1, 0.15) is 10.4 Å². The van der Waals surface area contributed by atoms with Gasteiger partial charge in [0.2, 0.25) is 0 Å². The van der Waals surface area contributed by atoms with Crippen LogP contribution in [0.4, 0.5) is 11.5 Å². The summed E-state index contributed by atoms with van der Waals surface area (Å²) in [6, 6.07) is 13.0. The number of anilines is 2. The lowest BCUT2D eigenvalue weighted by Crippen LogP contribution is -2.44. The van der Waals surface area contributed by atoms with E-state index in [1.54, 1.807) is 18.3 Å². The van der Waals surface area contributed by atoms with Gasteiger partial charge < -0.3 is 15.1 Å². The second kappa shape index (κ2) is 6.58. The number of nitrogens with one attached hydrogen (secondary N) is 1. The maximum absolute atomic E-state index is 12.1. The molecule has 0 spiro atoms. The predicted octanol–water partition coefficient (Wildman–Crippen LogP) is 2.09. The average Bonchev–Trinajstić information content (AvgIpc) is 2.57. The van der Waals surface area contributed by atoms with E-state index < -0.39 is 0 Å². The first kappa shape index (κ1) is 14.5. The maximum atomic E-state index is 12.1. The molecular formula is C17H20N4O. The molecule has 2 aromatic rings. The summed E-state index contributed by atoms with van der Waals surface area (Å²) in [5, 5.41) is 2.87. The number of likely N-dealkylation sites (N-methyl/N-ethyl adjacent to an activating group) is 1. The lowest BCUT2D eigenvalue weighted by molar-refractivity contribution is 0.102. The molecule has 1 aromatic heterocycles. The Morgan fingerprint density at radius 1 is 1.05 bits per heavy atom. The topological polar surface area (TPSA) is 48.5 Å². The number of carbonyl (C=O) groups is 1. The van der Waals surface area contributed by atoms with E-state index in [-0.39, 0.29) is 5.91 Å². The number of nitrogens with zero attached hydrogens (tertiary/aromatic N) is 3. The molecule has 0 saturated carbocycles. The highest BCUT2D eigenvalue weighted by molar-refractivity contribution is 6.04. The molecule has 22 heavy (non-hydrogen) atoms. The lowest BCUT2D eigenvalue weighted by Gasteiger charge is -2.33. The van der Waals surface area contributed by atoms with Crippen LogP contribution in [-0.2, 0) is 0 Å². The highest BCUT2D eigenvalue weighted by Crippen LogP contribution is 2.16. The fraction of sp³-hybridized carbons (Fsp3) is 0.294. The fourth-order valence-corrected chi connectivity index (χ4v) is 2.48. The average molecular weight is 296 g/mol. The number of amides is 1. The summed E-state index contributed by atoms with van der Waals surface area (Å²) in [6.45, 7) is 4.07. The van der Waals surface area contributed by atoms with Gasteiger partial charge in [-0.1, -0.05) is 18.2 Å². The van der Waals surface area contributed by atoms with Crippen molar-refractivity contribution in [2.45, 2.75) is 0 Å². The van der Waals surface area contributed by atoms with Crippen LogP contribution in [0.5, 0.6) is 0 Å². The summed E-state index contributed by atoms with van der Waals surface area (Å²) in [5.74, 6) is 0.848. The van der Waals surface area contributed by atoms with Crippen LogP contribution in [-0.4, -0.2) is 49.0 Å². The van der Waals surface area contributed by atoms with Crippen molar-refractivity contribution in [3.63, 3.8) is 0 Å². The van der Waals surface area contributed by atoms with Crippen LogP contribution >= 0.6 is 0 Å². The summed E-state index contributed by atoms with van der Waals surface area (Å²) in [4.78, 5) is 21.1. The largest absolute Gasteiger partial charge is 0.354 e.